The van der Waals surface area contributed by atoms with Crippen LogP contribution in [0, 0.1) is 5.82 Å². The van der Waals surface area contributed by atoms with E-state index in [1.807, 2.05) is 12.1 Å². The molecule has 0 atom stereocenters. The number of benzene rings is 1. The van der Waals surface area contributed by atoms with Crippen molar-refractivity contribution in [3.63, 3.8) is 0 Å². The molecule has 0 aliphatic carbocycles. The van der Waals surface area contributed by atoms with Gasteiger partial charge in [-0.1, -0.05) is 0 Å². The van der Waals surface area contributed by atoms with Gasteiger partial charge in [0.05, 0.1) is 11.3 Å². The lowest BCUT2D eigenvalue weighted by Crippen LogP contribution is -2.31. The van der Waals surface area contributed by atoms with Gasteiger partial charge in [-0.25, -0.2) is 4.39 Å². The van der Waals surface area contributed by atoms with E-state index in [4.69, 9.17) is 0 Å². The van der Waals surface area contributed by atoms with E-state index in [1.54, 1.807) is 12.4 Å². The monoisotopic (exact) mass is 348 g/mol. The van der Waals surface area contributed by atoms with E-state index in [1.165, 1.54) is 11.0 Å². The van der Waals surface area contributed by atoms with E-state index in [9.17, 15) is 14.0 Å². The molecule has 0 radical (unpaired) electrons. The second kappa shape index (κ2) is 5.37. The molecular weight excluding hydrogens is 339 g/mol. The van der Waals surface area contributed by atoms with Gasteiger partial charge >= 0.3 is 0 Å². The van der Waals surface area contributed by atoms with Crippen LogP contribution in [0.25, 0.3) is 0 Å². The molecule has 1 aliphatic rings. The number of ketones is 1. The summed E-state index contributed by atoms with van der Waals surface area (Å²) in [5.74, 6) is -1.83. The zero-order chi connectivity index (χ0) is 15.0. The van der Waals surface area contributed by atoms with Gasteiger partial charge in [0.2, 0.25) is 0 Å². The standard InChI is InChI=1S/C15H10BrFN2O2/c16-12-8-10(17)7-11-13(12)19(15(21)14(11)20)6-3-9-1-4-18-5-2-9/h1-2,4-5,7-8H,3,6H2. The van der Waals surface area contributed by atoms with Crippen molar-refractivity contribution in [2.75, 3.05) is 11.4 Å². The maximum atomic E-state index is 13.4. The fourth-order valence-electron chi connectivity index (χ4n) is 2.36. The molecule has 1 aliphatic heterocycles. The van der Waals surface area contributed by atoms with Crippen molar-refractivity contribution in [2.45, 2.75) is 6.42 Å². The summed E-state index contributed by atoms with van der Waals surface area (Å²) in [7, 11) is 0. The number of rotatable bonds is 3. The number of aromatic nitrogens is 1. The van der Waals surface area contributed by atoms with Crippen molar-refractivity contribution in [1.82, 2.24) is 4.98 Å². The van der Waals surface area contributed by atoms with E-state index in [0.29, 0.717) is 23.1 Å². The molecule has 0 fully saturated rings. The number of Topliss-reactive ketones (excluding diaryl/α,β-unsaturated/α-hetero) is 1. The first-order chi connectivity index (χ1) is 10.1. The third kappa shape index (κ3) is 2.47. The average molecular weight is 349 g/mol. The number of fused-ring (bicyclic) bond motifs is 1. The van der Waals surface area contributed by atoms with Crippen LogP contribution in [0.2, 0.25) is 0 Å². The van der Waals surface area contributed by atoms with Crippen molar-refractivity contribution < 1.29 is 14.0 Å². The number of carbonyl (C=O) groups is 2. The molecule has 1 aromatic carbocycles. The van der Waals surface area contributed by atoms with Crippen molar-refractivity contribution in [2.24, 2.45) is 0 Å². The van der Waals surface area contributed by atoms with E-state index >= 15 is 0 Å². The third-order valence-electron chi connectivity index (χ3n) is 3.36. The first-order valence-electron chi connectivity index (χ1n) is 6.32. The number of halogens is 2. The predicted molar refractivity (Wildman–Crippen MR) is 78.7 cm³/mol. The minimum atomic E-state index is -0.667. The lowest BCUT2D eigenvalue weighted by molar-refractivity contribution is -0.114. The zero-order valence-corrected chi connectivity index (χ0v) is 12.4. The summed E-state index contributed by atoms with van der Waals surface area (Å²) in [4.78, 5) is 29.3. The fraction of sp³-hybridized carbons (Fsp3) is 0.133. The maximum absolute atomic E-state index is 13.4. The fourth-order valence-corrected chi connectivity index (χ4v) is 3.00. The largest absolute Gasteiger partial charge is 0.303 e. The molecule has 0 unspecified atom stereocenters. The van der Waals surface area contributed by atoms with E-state index < -0.39 is 17.5 Å². The van der Waals surface area contributed by atoms with E-state index in [0.717, 1.165) is 11.6 Å². The van der Waals surface area contributed by atoms with E-state index in [-0.39, 0.29) is 5.56 Å². The van der Waals surface area contributed by atoms with Crippen molar-refractivity contribution in [1.29, 1.82) is 0 Å². The minimum Gasteiger partial charge on any atom is -0.303 e. The molecule has 0 saturated heterocycles. The highest BCUT2D eigenvalue weighted by Crippen LogP contribution is 2.36. The third-order valence-corrected chi connectivity index (χ3v) is 3.96. The molecule has 1 aromatic heterocycles. The van der Waals surface area contributed by atoms with Crippen molar-refractivity contribution in [3.05, 3.63) is 58.1 Å². The van der Waals surface area contributed by atoms with Crippen molar-refractivity contribution in [3.8, 4) is 0 Å². The number of pyridine rings is 1. The summed E-state index contributed by atoms with van der Waals surface area (Å²) in [6.45, 7) is 0.353. The molecule has 3 rings (SSSR count). The average Bonchev–Trinajstić information content (AvgIpc) is 2.71. The summed E-state index contributed by atoms with van der Waals surface area (Å²) in [5.41, 5.74) is 1.57. The lowest BCUT2D eigenvalue weighted by Gasteiger charge is -2.17. The van der Waals surface area contributed by atoms with Crippen LogP contribution in [0.5, 0.6) is 0 Å². The van der Waals surface area contributed by atoms with Gasteiger partial charge in [-0.05, 0) is 52.2 Å². The Morgan fingerprint density at radius 2 is 1.90 bits per heavy atom. The Morgan fingerprint density at radius 3 is 2.62 bits per heavy atom. The Bertz CT molecular complexity index is 734. The number of hydrogen-bond donors (Lipinski definition) is 0. The van der Waals surface area contributed by atoms with Gasteiger partial charge in [0.25, 0.3) is 11.7 Å². The topological polar surface area (TPSA) is 50.3 Å². The molecule has 6 heteroatoms. The van der Waals surface area contributed by atoms with Gasteiger partial charge in [0.1, 0.15) is 5.82 Å². The Labute approximate surface area is 128 Å². The minimum absolute atomic E-state index is 0.113. The molecular formula is C15H10BrFN2O2. The Morgan fingerprint density at radius 1 is 1.19 bits per heavy atom. The van der Waals surface area contributed by atoms with Crippen LogP contribution in [0.3, 0.4) is 0 Å². The summed E-state index contributed by atoms with van der Waals surface area (Å²) in [5, 5.41) is 0. The van der Waals surface area contributed by atoms with Crippen LogP contribution in [0.1, 0.15) is 15.9 Å². The normalized spacial score (nSPS) is 13.7. The number of carbonyl (C=O) groups excluding carboxylic acids is 2. The second-order valence-corrected chi connectivity index (χ2v) is 5.53. The van der Waals surface area contributed by atoms with Gasteiger partial charge < -0.3 is 4.90 Å². The predicted octanol–water partition coefficient (Wildman–Crippen LogP) is 2.76. The number of amides is 1. The number of anilines is 1. The Hall–Kier alpha value is -2.08. The second-order valence-electron chi connectivity index (χ2n) is 4.68. The maximum Gasteiger partial charge on any atom is 0.299 e. The molecule has 21 heavy (non-hydrogen) atoms. The molecule has 2 heterocycles. The van der Waals surface area contributed by atoms with Crippen LogP contribution in [-0.2, 0) is 11.2 Å². The lowest BCUT2D eigenvalue weighted by atomic mass is 10.1. The molecule has 4 nitrogen and oxygen atoms in total. The smallest absolute Gasteiger partial charge is 0.299 e. The van der Waals surface area contributed by atoms with Gasteiger partial charge in [-0.15, -0.1) is 0 Å². The first-order valence-corrected chi connectivity index (χ1v) is 7.11. The highest BCUT2D eigenvalue weighted by molar-refractivity contribution is 9.10. The summed E-state index contributed by atoms with van der Waals surface area (Å²) in [6.07, 6.45) is 3.93. The molecule has 0 saturated carbocycles. The van der Waals surface area contributed by atoms with Gasteiger partial charge in [-0.3, -0.25) is 14.6 Å². The quantitative estimate of drug-likeness (QED) is 0.801. The van der Waals surface area contributed by atoms with Gasteiger partial charge in [0, 0.05) is 23.4 Å². The van der Waals surface area contributed by atoms with Crippen LogP contribution in [0.15, 0.2) is 41.1 Å². The molecule has 0 spiro atoms. The first kappa shape index (κ1) is 13.9. The molecule has 106 valence electrons. The molecule has 2 aromatic rings. The summed E-state index contributed by atoms with van der Waals surface area (Å²) < 4.78 is 13.8. The Balaban J connectivity index is 1.91. The number of hydrogen-bond acceptors (Lipinski definition) is 3. The summed E-state index contributed by atoms with van der Waals surface area (Å²) in [6, 6.07) is 6.06. The zero-order valence-electron chi connectivity index (χ0n) is 10.8. The number of nitrogens with zero attached hydrogens (tertiary/aromatic N) is 2. The Kier molecular flexibility index (Phi) is 3.55. The van der Waals surface area contributed by atoms with Crippen molar-refractivity contribution >= 4 is 33.3 Å². The van der Waals surface area contributed by atoms with Crippen LogP contribution in [-0.4, -0.2) is 23.2 Å². The SMILES string of the molecule is O=C1C(=O)N(CCc2ccncc2)c2c(Br)cc(F)cc21. The highest BCUT2D eigenvalue weighted by Gasteiger charge is 2.37. The van der Waals surface area contributed by atoms with Gasteiger partial charge in [0.15, 0.2) is 0 Å². The van der Waals surface area contributed by atoms with Crippen LogP contribution >= 0.6 is 15.9 Å². The molecule has 1 amide bonds. The van der Waals surface area contributed by atoms with Gasteiger partial charge in [-0.2, -0.15) is 0 Å². The van der Waals surface area contributed by atoms with Crippen LogP contribution < -0.4 is 4.90 Å². The highest BCUT2D eigenvalue weighted by atomic mass is 79.9. The van der Waals surface area contributed by atoms with Crippen LogP contribution in [0.4, 0.5) is 10.1 Å². The summed E-state index contributed by atoms with van der Waals surface area (Å²) >= 11 is 3.22. The molecule has 0 N–H and O–H groups in total. The van der Waals surface area contributed by atoms with E-state index in [2.05, 4.69) is 20.9 Å². The molecule has 0 bridgehead atoms.